The molecule has 0 bridgehead atoms. The fourth-order valence-electron chi connectivity index (χ4n) is 3.83. The molecular weight excluding hydrogens is 533 g/mol. The number of amides is 4. The lowest BCUT2D eigenvalue weighted by Crippen LogP contribution is -2.39. The number of urea groups is 1. The van der Waals surface area contributed by atoms with Crippen LogP contribution in [0.4, 0.5) is 28.6 Å². The predicted molar refractivity (Wildman–Crippen MR) is 138 cm³/mol. The second-order valence-corrected chi connectivity index (χ2v) is 10.0. The molecule has 11 nitrogen and oxygen atoms in total. The number of anilines is 1. The number of fused-ring (bicyclic) bond motifs is 1. The van der Waals surface area contributed by atoms with Gasteiger partial charge in [0, 0.05) is 23.5 Å². The molecule has 4 amide bonds. The molecule has 1 aliphatic rings. The number of benzene rings is 1. The van der Waals surface area contributed by atoms with Gasteiger partial charge in [0.1, 0.15) is 11.4 Å². The summed E-state index contributed by atoms with van der Waals surface area (Å²) in [7, 11) is 0. The molecule has 3 aromatic rings. The molecule has 0 aliphatic heterocycles. The van der Waals surface area contributed by atoms with Gasteiger partial charge in [0.05, 0.1) is 17.6 Å². The summed E-state index contributed by atoms with van der Waals surface area (Å²) in [4.78, 5) is 46.1. The molecule has 1 fully saturated rings. The lowest BCUT2D eigenvalue weighted by molar-refractivity contribution is -0.274. The van der Waals surface area contributed by atoms with Gasteiger partial charge in [-0.25, -0.2) is 19.6 Å². The Morgan fingerprint density at radius 3 is 2.55 bits per heavy atom. The predicted octanol–water partition coefficient (Wildman–Crippen LogP) is 5.02. The number of aromatic nitrogens is 3. The van der Waals surface area contributed by atoms with Gasteiger partial charge in [-0.05, 0) is 58.7 Å². The first-order valence-corrected chi connectivity index (χ1v) is 12.2. The van der Waals surface area contributed by atoms with Crippen molar-refractivity contribution in [3.8, 4) is 17.0 Å². The number of nitrogens with zero attached hydrogens (tertiary/aromatic N) is 4. The number of hydrogen-bond donors (Lipinski definition) is 2. The van der Waals surface area contributed by atoms with E-state index >= 15 is 0 Å². The van der Waals surface area contributed by atoms with E-state index in [1.165, 1.54) is 29.3 Å². The van der Waals surface area contributed by atoms with Gasteiger partial charge < -0.3 is 14.8 Å². The van der Waals surface area contributed by atoms with Crippen LogP contribution in [0.15, 0.2) is 42.4 Å². The molecule has 0 spiro atoms. The number of hydrogen-bond acceptors (Lipinski definition) is 7. The summed E-state index contributed by atoms with van der Waals surface area (Å²) in [6.45, 7) is 6.78. The first kappa shape index (κ1) is 28.4. The number of halogens is 3. The molecule has 1 aromatic carbocycles. The van der Waals surface area contributed by atoms with Crippen LogP contribution in [0.1, 0.15) is 46.2 Å². The topological polar surface area (TPSA) is 127 Å². The summed E-state index contributed by atoms with van der Waals surface area (Å²) in [5.74, 6) is -0.285. The molecule has 2 heterocycles. The fourth-order valence-corrected chi connectivity index (χ4v) is 3.83. The smallest absolute Gasteiger partial charge is 0.443 e. The Hall–Kier alpha value is -4.62. The largest absolute Gasteiger partial charge is 0.573 e. The van der Waals surface area contributed by atoms with Gasteiger partial charge in [0.2, 0.25) is 6.41 Å². The maximum absolute atomic E-state index is 13.3. The maximum Gasteiger partial charge on any atom is 0.573 e. The van der Waals surface area contributed by atoms with Gasteiger partial charge in [-0.15, -0.1) is 13.2 Å². The van der Waals surface area contributed by atoms with Crippen molar-refractivity contribution in [3.05, 3.63) is 48.1 Å². The van der Waals surface area contributed by atoms with E-state index in [-0.39, 0.29) is 35.2 Å². The number of imide groups is 1. The number of carbonyl (C=O) groups excluding carboxylic acids is 3. The van der Waals surface area contributed by atoms with Crippen molar-refractivity contribution in [1.82, 2.24) is 25.0 Å². The molecule has 0 atom stereocenters. The minimum atomic E-state index is -4.89. The van der Waals surface area contributed by atoms with Gasteiger partial charge in [0.25, 0.3) is 0 Å². The third-order valence-corrected chi connectivity index (χ3v) is 5.46. The van der Waals surface area contributed by atoms with E-state index in [9.17, 15) is 27.6 Å². The maximum atomic E-state index is 13.3. The van der Waals surface area contributed by atoms with E-state index in [1.807, 2.05) is 5.32 Å². The second kappa shape index (κ2) is 10.9. The summed E-state index contributed by atoms with van der Waals surface area (Å²) >= 11 is 0. The third kappa shape index (κ3) is 7.07. The highest BCUT2D eigenvalue weighted by Gasteiger charge is 2.39. The summed E-state index contributed by atoms with van der Waals surface area (Å²) < 4.78 is 49.9. The Kier molecular flexibility index (Phi) is 7.71. The Balaban J connectivity index is 1.87. The van der Waals surface area contributed by atoms with Crippen LogP contribution in [0.3, 0.4) is 0 Å². The Morgan fingerprint density at radius 1 is 1.20 bits per heavy atom. The van der Waals surface area contributed by atoms with Gasteiger partial charge in [-0.2, -0.15) is 0 Å². The molecule has 212 valence electrons. The summed E-state index contributed by atoms with van der Waals surface area (Å²) in [5.41, 5.74) is 0.796. The van der Waals surface area contributed by atoms with Crippen LogP contribution in [0.2, 0.25) is 0 Å². The van der Waals surface area contributed by atoms with Crippen LogP contribution in [-0.2, 0) is 9.53 Å². The molecule has 0 radical (unpaired) electrons. The van der Waals surface area contributed by atoms with Crippen molar-refractivity contribution in [2.75, 3.05) is 4.90 Å². The molecule has 1 saturated carbocycles. The van der Waals surface area contributed by atoms with E-state index in [0.29, 0.717) is 24.2 Å². The SMILES string of the molecule is C/C(=C/c1cnc2c(N(C(=O)OC(C)(C)C)C3CC3)nc(-c3cccc(OC(F)(F)F)c3)cn12)NC(=O)NC=O. The normalized spacial score (nSPS) is 14.0. The van der Waals surface area contributed by atoms with Crippen LogP contribution in [0.25, 0.3) is 23.0 Å². The molecule has 1 aliphatic carbocycles. The molecule has 0 saturated heterocycles. The van der Waals surface area contributed by atoms with Crippen molar-refractivity contribution < 1.29 is 37.0 Å². The number of nitrogens with one attached hydrogen (secondary N) is 2. The minimum Gasteiger partial charge on any atom is -0.443 e. The lowest BCUT2D eigenvalue weighted by atomic mass is 10.1. The third-order valence-electron chi connectivity index (χ3n) is 5.46. The Bertz CT molecular complexity index is 1470. The van der Waals surface area contributed by atoms with Gasteiger partial charge in [-0.1, -0.05) is 12.1 Å². The zero-order valence-electron chi connectivity index (χ0n) is 22.1. The summed E-state index contributed by atoms with van der Waals surface area (Å²) in [6, 6.07) is 4.35. The average molecular weight is 561 g/mol. The number of imidazole rings is 1. The van der Waals surface area contributed by atoms with E-state index in [2.05, 4.69) is 20.0 Å². The van der Waals surface area contributed by atoms with Gasteiger partial charge >= 0.3 is 18.5 Å². The zero-order chi connectivity index (χ0) is 29.2. The molecule has 2 aromatic heterocycles. The van der Waals surface area contributed by atoms with E-state index in [4.69, 9.17) is 4.74 Å². The standard InChI is InChI=1S/C26H27F3N6O5/c1-15(32-23(37)31-14-36)10-18-12-30-21-22(35(17-8-9-17)24(38)40-25(2,3)4)33-20(13-34(18)21)16-6-5-7-19(11-16)39-26(27,28)29/h5-7,10-14,17H,8-9H2,1-4H3,(H2,31,32,36,37)/b15-10-. The number of carbonyl (C=O) groups is 3. The molecular formula is C26H27F3N6O5. The number of alkyl halides is 3. The van der Waals surface area contributed by atoms with Crippen LogP contribution in [0.5, 0.6) is 5.75 Å². The molecule has 2 N–H and O–H groups in total. The number of ether oxygens (including phenoxy) is 2. The quantitative estimate of drug-likeness (QED) is 0.389. The van der Waals surface area contributed by atoms with Crippen LogP contribution >= 0.6 is 0 Å². The van der Waals surface area contributed by atoms with Crippen molar-refractivity contribution >= 4 is 36.1 Å². The monoisotopic (exact) mass is 560 g/mol. The molecule has 14 heteroatoms. The summed E-state index contributed by atoms with van der Waals surface area (Å²) in [6.07, 6.45) is 0.711. The van der Waals surface area contributed by atoms with Crippen molar-refractivity contribution in [1.29, 1.82) is 0 Å². The number of rotatable bonds is 7. The van der Waals surface area contributed by atoms with Gasteiger partial charge in [0.15, 0.2) is 11.5 Å². The highest BCUT2D eigenvalue weighted by molar-refractivity contribution is 5.93. The lowest BCUT2D eigenvalue weighted by Gasteiger charge is -2.27. The van der Waals surface area contributed by atoms with Crippen LogP contribution in [-0.4, -0.2) is 50.9 Å². The van der Waals surface area contributed by atoms with Crippen LogP contribution in [0, 0.1) is 0 Å². The van der Waals surface area contributed by atoms with E-state index in [1.54, 1.807) is 50.4 Å². The Morgan fingerprint density at radius 2 is 1.93 bits per heavy atom. The van der Waals surface area contributed by atoms with Crippen molar-refractivity contribution in [2.24, 2.45) is 0 Å². The number of allylic oxidation sites excluding steroid dienone is 1. The van der Waals surface area contributed by atoms with Crippen molar-refractivity contribution in [3.63, 3.8) is 0 Å². The Labute approximate surface area is 227 Å². The summed E-state index contributed by atoms with van der Waals surface area (Å²) in [5, 5.41) is 4.45. The second-order valence-electron chi connectivity index (χ2n) is 10.0. The van der Waals surface area contributed by atoms with Crippen molar-refractivity contribution in [2.45, 2.75) is 58.5 Å². The molecule has 40 heavy (non-hydrogen) atoms. The van der Waals surface area contributed by atoms with Crippen LogP contribution < -0.4 is 20.3 Å². The van der Waals surface area contributed by atoms with E-state index in [0.717, 1.165) is 0 Å². The highest BCUT2D eigenvalue weighted by atomic mass is 19.4. The first-order chi connectivity index (χ1) is 18.7. The van der Waals surface area contributed by atoms with E-state index < -0.39 is 29.8 Å². The zero-order valence-corrected chi connectivity index (χ0v) is 22.1. The molecule has 0 unspecified atom stereocenters. The van der Waals surface area contributed by atoms with Gasteiger partial charge in [-0.3, -0.25) is 19.4 Å². The minimum absolute atomic E-state index is 0.153. The highest BCUT2D eigenvalue weighted by Crippen LogP contribution is 2.36. The fraction of sp³-hybridized carbons (Fsp3) is 0.346. The molecule has 4 rings (SSSR count). The average Bonchev–Trinajstić information content (AvgIpc) is 3.57. The first-order valence-electron chi connectivity index (χ1n) is 12.2.